The van der Waals surface area contributed by atoms with Gasteiger partial charge in [0, 0.05) is 17.5 Å². The molecule has 118 valence electrons. The molecule has 7 heteroatoms. The first-order valence-corrected chi connectivity index (χ1v) is 9.34. The van der Waals surface area contributed by atoms with Gasteiger partial charge in [0.2, 0.25) is 10.0 Å². The molecule has 0 unspecified atom stereocenters. The van der Waals surface area contributed by atoms with Gasteiger partial charge in [0.1, 0.15) is 4.88 Å². The number of nitrogens with zero attached hydrogens (tertiary/aromatic N) is 1. The fourth-order valence-electron chi connectivity index (χ4n) is 2.20. The highest BCUT2D eigenvalue weighted by Gasteiger charge is 2.39. The second-order valence-corrected chi connectivity index (χ2v) is 8.98. The molecule has 1 saturated carbocycles. The summed E-state index contributed by atoms with van der Waals surface area (Å²) in [6.07, 6.45) is 2.60. The third-order valence-electron chi connectivity index (χ3n) is 3.55. The van der Waals surface area contributed by atoms with E-state index < -0.39 is 16.0 Å². The molecule has 0 bridgehead atoms. The minimum absolute atomic E-state index is 0.0747. The zero-order valence-corrected chi connectivity index (χ0v) is 14.1. The van der Waals surface area contributed by atoms with Crippen LogP contribution in [0.3, 0.4) is 0 Å². The van der Waals surface area contributed by atoms with E-state index in [-0.39, 0.29) is 15.8 Å². The van der Waals surface area contributed by atoms with Gasteiger partial charge in [-0.05, 0) is 38.2 Å². The second kappa shape index (κ2) is 6.06. The average molecular weight is 331 g/mol. The van der Waals surface area contributed by atoms with E-state index in [0.717, 1.165) is 30.6 Å². The standard InChI is InChI=1S/C14H21NO4S2/c1-9(2)6-7-15(11-4-5-11)21(18,19)13-8-12(14(16)17)20-10(13)3/h8-9,11H,4-7H2,1-3H3,(H,16,17). The van der Waals surface area contributed by atoms with Gasteiger partial charge in [-0.15, -0.1) is 11.3 Å². The Morgan fingerprint density at radius 2 is 2.10 bits per heavy atom. The lowest BCUT2D eigenvalue weighted by molar-refractivity contribution is 0.0702. The number of carbonyl (C=O) groups is 1. The van der Waals surface area contributed by atoms with E-state index in [9.17, 15) is 13.2 Å². The molecule has 1 heterocycles. The first kappa shape index (κ1) is 16.5. The van der Waals surface area contributed by atoms with Gasteiger partial charge in [-0.3, -0.25) is 0 Å². The maximum Gasteiger partial charge on any atom is 0.345 e. The van der Waals surface area contributed by atoms with Gasteiger partial charge in [0.25, 0.3) is 0 Å². The Bertz CT molecular complexity index is 629. The van der Waals surface area contributed by atoms with Crippen LogP contribution < -0.4 is 0 Å². The van der Waals surface area contributed by atoms with E-state index in [4.69, 9.17) is 5.11 Å². The van der Waals surface area contributed by atoms with Crippen molar-refractivity contribution in [3.8, 4) is 0 Å². The van der Waals surface area contributed by atoms with Gasteiger partial charge >= 0.3 is 5.97 Å². The topological polar surface area (TPSA) is 74.7 Å². The van der Waals surface area contributed by atoms with Crippen LogP contribution in [0.15, 0.2) is 11.0 Å². The number of sulfonamides is 1. The van der Waals surface area contributed by atoms with Crippen molar-refractivity contribution in [3.63, 3.8) is 0 Å². The van der Waals surface area contributed by atoms with Gasteiger partial charge in [-0.2, -0.15) is 4.31 Å². The minimum Gasteiger partial charge on any atom is -0.477 e. The third kappa shape index (κ3) is 3.64. The second-order valence-electron chi connectivity index (χ2n) is 5.87. The first-order chi connectivity index (χ1) is 9.73. The highest BCUT2D eigenvalue weighted by molar-refractivity contribution is 7.89. The molecule has 1 aliphatic carbocycles. The van der Waals surface area contributed by atoms with Crippen molar-refractivity contribution in [1.29, 1.82) is 0 Å². The fraction of sp³-hybridized carbons (Fsp3) is 0.643. The number of hydrogen-bond acceptors (Lipinski definition) is 4. The van der Waals surface area contributed by atoms with Crippen LogP contribution in [0, 0.1) is 12.8 Å². The maximum absolute atomic E-state index is 12.8. The molecule has 1 aromatic rings. The van der Waals surface area contributed by atoms with Gasteiger partial charge < -0.3 is 5.11 Å². The lowest BCUT2D eigenvalue weighted by Gasteiger charge is -2.22. The molecule has 1 fully saturated rings. The van der Waals surface area contributed by atoms with Crippen LogP contribution in [0.1, 0.15) is 47.7 Å². The fourth-order valence-corrected chi connectivity index (χ4v) is 5.30. The summed E-state index contributed by atoms with van der Waals surface area (Å²) >= 11 is 1.02. The number of hydrogen-bond donors (Lipinski definition) is 1. The molecule has 0 aromatic carbocycles. The molecule has 0 aliphatic heterocycles. The van der Waals surface area contributed by atoms with Crippen LogP contribution >= 0.6 is 11.3 Å². The number of aromatic carboxylic acids is 1. The molecule has 0 atom stereocenters. The van der Waals surface area contributed by atoms with Gasteiger partial charge in [-0.1, -0.05) is 13.8 Å². The number of carboxylic acid groups (broad SMARTS) is 1. The molecule has 1 aliphatic rings. The lowest BCUT2D eigenvalue weighted by atomic mass is 10.1. The van der Waals surface area contributed by atoms with Crippen molar-refractivity contribution in [2.45, 2.75) is 51.0 Å². The molecular formula is C14H21NO4S2. The lowest BCUT2D eigenvalue weighted by Crippen LogP contribution is -2.34. The monoisotopic (exact) mass is 331 g/mol. The number of aryl methyl sites for hydroxylation is 1. The van der Waals surface area contributed by atoms with Crippen molar-refractivity contribution in [3.05, 3.63) is 15.8 Å². The minimum atomic E-state index is -3.60. The molecule has 2 rings (SSSR count). The van der Waals surface area contributed by atoms with Crippen LogP contribution in [-0.2, 0) is 10.0 Å². The summed E-state index contributed by atoms with van der Waals surface area (Å²) in [5, 5.41) is 9.03. The van der Waals surface area contributed by atoms with E-state index in [1.165, 1.54) is 6.07 Å². The molecule has 0 saturated heterocycles. The van der Waals surface area contributed by atoms with Gasteiger partial charge in [0.15, 0.2) is 0 Å². The van der Waals surface area contributed by atoms with Crippen LogP contribution in [0.25, 0.3) is 0 Å². The molecule has 0 spiro atoms. The molecule has 21 heavy (non-hydrogen) atoms. The molecule has 0 amide bonds. The average Bonchev–Trinajstić information content (AvgIpc) is 3.10. The van der Waals surface area contributed by atoms with E-state index >= 15 is 0 Å². The van der Waals surface area contributed by atoms with Crippen molar-refractivity contribution in [1.82, 2.24) is 4.31 Å². The van der Waals surface area contributed by atoms with Crippen molar-refractivity contribution < 1.29 is 18.3 Å². The Kier molecular flexibility index (Phi) is 4.75. The first-order valence-electron chi connectivity index (χ1n) is 7.09. The van der Waals surface area contributed by atoms with E-state index in [2.05, 4.69) is 13.8 Å². The molecule has 0 radical (unpaired) electrons. The molecule has 5 nitrogen and oxygen atoms in total. The Hall–Kier alpha value is -0.920. The SMILES string of the molecule is Cc1sc(C(=O)O)cc1S(=O)(=O)N(CCC(C)C)C1CC1. The zero-order chi connectivity index (χ0) is 15.8. The maximum atomic E-state index is 12.8. The predicted octanol–water partition coefficient (Wildman–Crippen LogP) is 2.95. The van der Waals surface area contributed by atoms with Crippen LogP contribution in [0.5, 0.6) is 0 Å². The van der Waals surface area contributed by atoms with Crippen molar-refractivity contribution in [2.24, 2.45) is 5.92 Å². The van der Waals surface area contributed by atoms with Crippen LogP contribution in [-0.4, -0.2) is 36.4 Å². The van der Waals surface area contributed by atoms with Gasteiger partial charge in [-0.25, -0.2) is 13.2 Å². The Balaban J connectivity index is 2.32. The summed E-state index contributed by atoms with van der Waals surface area (Å²) in [7, 11) is -3.60. The summed E-state index contributed by atoms with van der Waals surface area (Å²) in [6.45, 7) is 6.30. The summed E-state index contributed by atoms with van der Waals surface area (Å²) < 4.78 is 27.2. The van der Waals surface area contributed by atoms with Gasteiger partial charge in [0.05, 0.1) is 4.90 Å². The zero-order valence-electron chi connectivity index (χ0n) is 12.5. The summed E-state index contributed by atoms with van der Waals surface area (Å²) in [4.78, 5) is 11.8. The highest BCUT2D eigenvalue weighted by Crippen LogP contribution is 2.35. The van der Waals surface area contributed by atoms with E-state index in [1.54, 1.807) is 11.2 Å². The molecular weight excluding hydrogens is 310 g/mol. The van der Waals surface area contributed by atoms with E-state index in [0.29, 0.717) is 17.3 Å². The third-order valence-corrected chi connectivity index (χ3v) is 6.80. The Morgan fingerprint density at radius 3 is 2.52 bits per heavy atom. The van der Waals surface area contributed by atoms with Crippen LogP contribution in [0.4, 0.5) is 0 Å². The normalized spacial score (nSPS) is 15.9. The number of rotatable bonds is 7. The van der Waals surface area contributed by atoms with E-state index in [1.807, 2.05) is 0 Å². The number of thiophene rings is 1. The molecule has 1 N–H and O–H groups in total. The summed E-state index contributed by atoms with van der Waals surface area (Å²) in [5.41, 5.74) is 0. The smallest absolute Gasteiger partial charge is 0.345 e. The summed E-state index contributed by atoms with van der Waals surface area (Å²) in [6, 6.07) is 1.38. The number of carboxylic acids is 1. The van der Waals surface area contributed by atoms with Crippen LogP contribution in [0.2, 0.25) is 0 Å². The Morgan fingerprint density at radius 1 is 1.48 bits per heavy atom. The summed E-state index contributed by atoms with van der Waals surface area (Å²) in [5.74, 6) is -0.649. The van der Waals surface area contributed by atoms with Crippen molar-refractivity contribution >= 4 is 27.3 Å². The predicted molar refractivity (Wildman–Crippen MR) is 82.4 cm³/mol. The van der Waals surface area contributed by atoms with Crippen molar-refractivity contribution in [2.75, 3.05) is 6.54 Å². The molecule has 1 aromatic heterocycles. The quantitative estimate of drug-likeness (QED) is 0.833. The Labute approximate surface area is 129 Å². The highest BCUT2D eigenvalue weighted by atomic mass is 32.2. The largest absolute Gasteiger partial charge is 0.477 e.